The molecular formula is C22H15F4N3O3S. The quantitative estimate of drug-likeness (QED) is 0.415. The fourth-order valence-corrected chi connectivity index (χ4v) is 4.49. The molecule has 2 aromatic carbocycles. The number of aromatic nitrogens is 2. The van der Waals surface area contributed by atoms with Crippen molar-refractivity contribution in [3.8, 4) is 0 Å². The highest BCUT2D eigenvalue weighted by molar-refractivity contribution is 7.91. The van der Waals surface area contributed by atoms with Gasteiger partial charge in [0.05, 0.1) is 10.5 Å². The first-order valence-electron chi connectivity index (χ1n) is 9.47. The van der Waals surface area contributed by atoms with Gasteiger partial charge in [0.25, 0.3) is 5.91 Å². The maximum Gasteiger partial charge on any atom is 0.416 e. The summed E-state index contributed by atoms with van der Waals surface area (Å²) in [6.45, 7) is 0.0847. The van der Waals surface area contributed by atoms with Crippen molar-refractivity contribution in [1.82, 2.24) is 15.3 Å². The van der Waals surface area contributed by atoms with E-state index in [2.05, 4.69) is 15.3 Å². The summed E-state index contributed by atoms with van der Waals surface area (Å²) in [4.78, 5) is 18.1. The lowest BCUT2D eigenvalue weighted by atomic mass is 10.2. The van der Waals surface area contributed by atoms with Gasteiger partial charge in [-0.2, -0.15) is 13.2 Å². The van der Waals surface area contributed by atoms with Crippen LogP contribution in [-0.2, 0) is 22.6 Å². The molecule has 11 heteroatoms. The number of H-pyrrole nitrogens is 1. The van der Waals surface area contributed by atoms with E-state index >= 15 is 0 Å². The molecule has 0 saturated carbocycles. The molecule has 170 valence electrons. The molecule has 4 aromatic rings. The van der Waals surface area contributed by atoms with E-state index in [1.165, 1.54) is 24.3 Å². The van der Waals surface area contributed by atoms with E-state index in [4.69, 9.17) is 0 Å². The monoisotopic (exact) mass is 477 g/mol. The van der Waals surface area contributed by atoms with Crippen LogP contribution in [0, 0.1) is 5.82 Å². The van der Waals surface area contributed by atoms with Crippen LogP contribution >= 0.6 is 0 Å². The van der Waals surface area contributed by atoms with Gasteiger partial charge in [-0.3, -0.25) is 9.78 Å². The van der Waals surface area contributed by atoms with Crippen LogP contribution in [0.25, 0.3) is 10.9 Å². The molecule has 0 saturated heterocycles. The Morgan fingerprint density at radius 2 is 1.76 bits per heavy atom. The molecule has 33 heavy (non-hydrogen) atoms. The van der Waals surface area contributed by atoms with Crippen LogP contribution in [0.5, 0.6) is 0 Å². The van der Waals surface area contributed by atoms with Crippen molar-refractivity contribution in [2.24, 2.45) is 0 Å². The van der Waals surface area contributed by atoms with Gasteiger partial charge in [0.15, 0.2) is 0 Å². The number of aromatic amines is 1. The minimum atomic E-state index is -4.79. The third-order valence-electron chi connectivity index (χ3n) is 4.90. The van der Waals surface area contributed by atoms with Crippen molar-refractivity contribution in [3.05, 3.63) is 89.6 Å². The number of carbonyl (C=O) groups excluding carboxylic acids is 1. The molecular weight excluding hydrogens is 462 g/mol. The summed E-state index contributed by atoms with van der Waals surface area (Å²) < 4.78 is 77.6. The van der Waals surface area contributed by atoms with Gasteiger partial charge in [-0.25, -0.2) is 12.8 Å². The number of halogens is 4. The first-order valence-corrected chi connectivity index (χ1v) is 11.0. The molecule has 2 aromatic heterocycles. The van der Waals surface area contributed by atoms with Gasteiger partial charge >= 0.3 is 6.18 Å². The lowest BCUT2D eigenvalue weighted by molar-refractivity contribution is -0.137. The van der Waals surface area contributed by atoms with E-state index in [0.717, 1.165) is 10.9 Å². The molecule has 0 bridgehead atoms. The average molecular weight is 477 g/mol. The fourth-order valence-electron chi connectivity index (χ4n) is 3.18. The van der Waals surface area contributed by atoms with Crippen molar-refractivity contribution >= 4 is 26.6 Å². The number of carbonyl (C=O) groups is 1. The van der Waals surface area contributed by atoms with Gasteiger partial charge < -0.3 is 10.3 Å². The number of hydrogen-bond acceptors (Lipinski definition) is 4. The summed E-state index contributed by atoms with van der Waals surface area (Å²) in [5, 5.41) is 3.46. The molecule has 0 spiro atoms. The third-order valence-corrected chi connectivity index (χ3v) is 6.70. The van der Waals surface area contributed by atoms with Crippen LogP contribution in [0.2, 0.25) is 0 Å². The van der Waals surface area contributed by atoms with Crippen molar-refractivity contribution in [3.63, 3.8) is 0 Å². The van der Waals surface area contributed by atoms with Gasteiger partial charge in [0.1, 0.15) is 16.4 Å². The predicted octanol–water partition coefficient (Wildman–Crippen LogP) is 4.48. The van der Waals surface area contributed by atoms with Gasteiger partial charge in [-0.05, 0) is 48.0 Å². The molecule has 0 aliphatic carbocycles. The minimum absolute atomic E-state index is 0.0847. The summed E-state index contributed by atoms with van der Waals surface area (Å²) in [5.41, 5.74) is 0.361. The lowest BCUT2D eigenvalue weighted by Gasteiger charge is -2.10. The molecule has 1 amide bonds. The smallest absolute Gasteiger partial charge is 0.350 e. The van der Waals surface area contributed by atoms with E-state index < -0.39 is 32.3 Å². The average Bonchev–Trinajstić information content (AvgIpc) is 3.21. The number of hydrogen-bond donors (Lipinski definition) is 2. The highest BCUT2D eigenvalue weighted by Crippen LogP contribution is 2.32. The Hall–Kier alpha value is -3.73. The van der Waals surface area contributed by atoms with Crippen LogP contribution in [0.15, 0.2) is 76.8 Å². The second-order valence-corrected chi connectivity index (χ2v) is 9.04. The number of alkyl halides is 3. The number of fused-ring (bicyclic) bond motifs is 1. The molecule has 0 unspecified atom stereocenters. The van der Waals surface area contributed by atoms with Crippen LogP contribution in [0.1, 0.15) is 21.6 Å². The maximum atomic E-state index is 14.2. The third kappa shape index (κ3) is 4.58. The van der Waals surface area contributed by atoms with Crippen LogP contribution in [0.4, 0.5) is 17.6 Å². The van der Waals surface area contributed by atoms with Gasteiger partial charge in [-0.1, -0.05) is 12.1 Å². The van der Waals surface area contributed by atoms with Gasteiger partial charge in [0.2, 0.25) is 9.84 Å². The summed E-state index contributed by atoms with van der Waals surface area (Å²) in [6.07, 6.45) is -1.59. The largest absolute Gasteiger partial charge is 0.416 e. The number of sulfone groups is 1. The first kappa shape index (κ1) is 22.5. The number of pyridine rings is 1. The standard InChI is InChI=1S/C22H15F4N3O3S/c23-17-10-15(22(24,25)26)3-6-20(17)33(31,32)16-4-1-13(2-5-16)11-28-21(30)19-9-14-12-27-8-7-18(14)29-19/h1-10,12,29H,11H2,(H,28,30). The summed E-state index contributed by atoms with van der Waals surface area (Å²) in [7, 11) is -4.38. The molecule has 6 nitrogen and oxygen atoms in total. The Labute approximate surface area is 185 Å². The molecule has 0 radical (unpaired) electrons. The van der Waals surface area contributed by atoms with E-state index in [1.54, 1.807) is 24.5 Å². The lowest BCUT2D eigenvalue weighted by Crippen LogP contribution is -2.23. The number of nitrogens with one attached hydrogen (secondary N) is 2. The van der Waals surface area contributed by atoms with Crippen molar-refractivity contribution in [2.45, 2.75) is 22.5 Å². The van der Waals surface area contributed by atoms with Crippen molar-refractivity contribution < 1.29 is 30.8 Å². The molecule has 0 aliphatic heterocycles. The van der Waals surface area contributed by atoms with Crippen molar-refractivity contribution in [2.75, 3.05) is 0 Å². The molecule has 0 atom stereocenters. The number of amides is 1. The zero-order valence-electron chi connectivity index (χ0n) is 16.7. The maximum absolute atomic E-state index is 14.2. The van der Waals surface area contributed by atoms with E-state index in [0.29, 0.717) is 23.4 Å². The SMILES string of the molecule is O=C(NCc1ccc(S(=O)(=O)c2ccc(C(F)(F)F)cc2F)cc1)c1cc2cnccc2[nH]1. The van der Waals surface area contributed by atoms with Crippen LogP contribution in [0.3, 0.4) is 0 Å². The number of benzene rings is 2. The topological polar surface area (TPSA) is 91.9 Å². The van der Waals surface area contributed by atoms with Gasteiger partial charge in [0, 0.05) is 29.8 Å². The Bertz CT molecular complexity index is 1410. The minimum Gasteiger partial charge on any atom is -0.350 e. The van der Waals surface area contributed by atoms with E-state index in [1.807, 2.05) is 0 Å². The van der Waals surface area contributed by atoms with Gasteiger partial charge in [-0.15, -0.1) is 0 Å². The Morgan fingerprint density at radius 3 is 2.39 bits per heavy atom. The highest BCUT2D eigenvalue weighted by Gasteiger charge is 2.32. The van der Waals surface area contributed by atoms with Crippen LogP contribution < -0.4 is 5.32 Å². The molecule has 2 heterocycles. The zero-order chi connectivity index (χ0) is 23.8. The molecule has 0 fully saturated rings. The second-order valence-electron chi connectivity index (χ2n) is 7.12. The van der Waals surface area contributed by atoms with Crippen LogP contribution in [-0.4, -0.2) is 24.3 Å². The second kappa shape index (κ2) is 8.32. The summed E-state index contributed by atoms with van der Waals surface area (Å²) in [5.74, 6) is -1.87. The highest BCUT2D eigenvalue weighted by atomic mass is 32.2. The normalized spacial score (nSPS) is 12.1. The molecule has 4 rings (SSSR count). The summed E-state index contributed by atoms with van der Waals surface area (Å²) >= 11 is 0. The zero-order valence-corrected chi connectivity index (χ0v) is 17.5. The number of nitrogens with zero attached hydrogens (tertiary/aromatic N) is 1. The van der Waals surface area contributed by atoms with E-state index in [-0.39, 0.29) is 23.4 Å². The predicted molar refractivity (Wildman–Crippen MR) is 111 cm³/mol. The fraction of sp³-hybridized carbons (Fsp3) is 0.0909. The van der Waals surface area contributed by atoms with E-state index in [9.17, 15) is 30.8 Å². The Balaban J connectivity index is 1.48. The Morgan fingerprint density at radius 1 is 1.03 bits per heavy atom. The molecule has 2 N–H and O–H groups in total. The van der Waals surface area contributed by atoms with Crippen molar-refractivity contribution in [1.29, 1.82) is 0 Å². The number of rotatable bonds is 5. The first-order chi connectivity index (χ1) is 15.6. The summed E-state index contributed by atoms with van der Waals surface area (Å²) in [6, 6.07) is 9.87. The Kier molecular flexibility index (Phi) is 5.66. The molecule has 0 aliphatic rings.